The predicted octanol–water partition coefficient (Wildman–Crippen LogP) is 3.27. The van der Waals surface area contributed by atoms with Gasteiger partial charge in [0, 0.05) is 23.6 Å². The van der Waals surface area contributed by atoms with Gasteiger partial charge in [0.2, 0.25) is 0 Å². The van der Waals surface area contributed by atoms with Crippen molar-refractivity contribution in [3.63, 3.8) is 0 Å². The van der Waals surface area contributed by atoms with Crippen LogP contribution >= 0.6 is 27.5 Å². The zero-order chi connectivity index (χ0) is 12.4. The Bertz CT molecular complexity index is 397. The maximum Gasteiger partial charge on any atom is 0.0548 e. The lowest BCUT2D eigenvalue weighted by atomic mass is 9.94. The number of likely N-dealkylation sites (tertiary alicyclic amines) is 1. The number of piperidine rings is 1. The molecule has 0 amide bonds. The summed E-state index contributed by atoms with van der Waals surface area (Å²) in [6.07, 6.45) is 1.19. The van der Waals surface area contributed by atoms with E-state index in [1.54, 1.807) is 0 Å². The summed E-state index contributed by atoms with van der Waals surface area (Å²) in [5.41, 5.74) is 7.38. The number of hydrogen-bond acceptors (Lipinski definition) is 2. The van der Waals surface area contributed by atoms with Gasteiger partial charge in [-0.2, -0.15) is 0 Å². The van der Waals surface area contributed by atoms with Gasteiger partial charge >= 0.3 is 0 Å². The average Bonchev–Trinajstić information content (AvgIpc) is 2.29. The van der Waals surface area contributed by atoms with Gasteiger partial charge in [0.05, 0.1) is 5.02 Å². The first-order valence-electron chi connectivity index (χ1n) is 5.98. The van der Waals surface area contributed by atoms with Crippen LogP contribution in [-0.4, -0.2) is 24.0 Å². The molecule has 2 nitrogen and oxygen atoms in total. The fraction of sp³-hybridized carbons (Fsp3) is 0.538. The van der Waals surface area contributed by atoms with Gasteiger partial charge in [-0.3, -0.25) is 4.90 Å². The van der Waals surface area contributed by atoms with Crippen molar-refractivity contribution in [3.05, 3.63) is 33.3 Å². The van der Waals surface area contributed by atoms with Gasteiger partial charge in [0.15, 0.2) is 0 Å². The first-order chi connectivity index (χ1) is 8.06. The van der Waals surface area contributed by atoms with Crippen molar-refractivity contribution in [2.75, 3.05) is 13.1 Å². The van der Waals surface area contributed by atoms with Gasteiger partial charge in [-0.1, -0.05) is 24.6 Å². The highest BCUT2D eigenvalue weighted by atomic mass is 79.9. The fourth-order valence-electron chi connectivity index (χ4n) is 2.21. The van der Waals surface area contributed by atoms with Crippen LogP contribution in [0, 0.1) is 5.92 Å². The van der Waals surface area contributed by atoms with Crippen LogP contribution in [-0.2, 0) is 6.54 Å². The van der Waals surface area contributed by atoms with E-state index in [-0.39, 0.29) is 0 Å². The van der Waals surface area contributed by atoms with Crippen LogP contribution < -0.4 is 5.73 Å². The van der Waals surface area contributed by atoms with E-state index in [4.69, 9.17) is 17.3 Å². The second-order valence-corrected chi connectivity index (χ2v) is 6.17. The van der Waals surface area contributed by atoms with Gasteiger partial charge in [-0.15, -0.1) is 0 Å². The van der Waals surface area contributed by atoms with E-state index in [0.717, 1.165) is 29.1 Å². The maximum atomic E-state index is 6.10. The average molecular weight is 318 g/mol. The molecule has 1 aromatic carbocycles. The van der Waals surface area contributed by atoms with E-state index in [9.17, 15) is 0 Å². The second kappa shape index (κ2) is 5.70. The number of halogens is 2. The number of nitrogens with two attached hydrogens (primary N) is 1. The summed E-state index contributed by atoms with van der Waals surface area (Å²) in [6.45, 7) is 5.31. The van der Waals surface area contributed by atoms with Crippen LogP contribution in [0.15, 0.2) is 22.7 Å². The molecule has 0 spiro atoms. The molecule has 4 heteroatoms. The van der Waals surface area contributed by atoms with E-state index >= 15 is 0 Å². The summed E-state index contributed by atoms with van der Waals surface area (Å²) in [5.74, 6) is 0.642. The predicted molar refractivity (Wildman–Crippen MR) is 76.2 cm³/mol. The molecule has 1 aliphatic rings. The topological polar surface area (TPSA) is 29.3 Å². The summed E-state index contributed by atoms with van der Waals surface area (Å²) in [7, 11) is 0. The highest BCUT2D eigenvalue weighted by Gasteiger charge is 2.22. The van der Waals surface area contributed by atoms with Gasteiger partial charge < -0.3 is 5.73 Å². The van der Waals surface area contributed by atoms with Crippen LogP contribution in [0.5, 0.6) is 0 Å². The summed E-state index contributed by atoms with van der Waals surface area (Å²) in [4.78, 5) is 2.42. The lowest BCUT2D eigenvalue weighted by Crippen LogP contribution is -2.47. The molecular weight excluding hydrogens is 300 g/mol. The van der Waals surface area contributed by atoms with Gasteiger partial charge in [-0.05, 0) is 52.5 Å². The third-order valence-corrected chi connectivity index (χ3v) is 4.70. The molecule has 2 atom stereocenters. The van der Waals surface area contributed by atoms with E-state index in [1.807, 2.05) is 6.07 Å². The molecule has 2 N–H and O–H groups in total. The van der Waals surface area contributed by atoms with Gasteiger partial charge in [0.1, 0.15) is 0 Å². The van der Waals surface area contributed by atoms with E-state index < -0.39 is 0 Å². The molecule has 1 saturated heterocycles. The quantitative estimate of drug-likeness (QED) is 0.907. The van der Waals surface area contributed by atoms with E-state index in [1.165, 1.54) is 12.0 Å². The van der Waals surface area contributed by atoms with Crippen molar-refractivity contribution in [1.82, 2.24) is 4.90 Å². The van der Waals surface area contributed by atoms with Crippen LogP contribution in [0.1, 0.15) is 18.9 Å². The van der Waals surface area contributed by atoms with Gasteiger partial charge in [-0.25, -0.2) is 0 Å². The molecule has 1 aliphatic heterocycles. The first-order valence-corrected chi connectivity index (χ1v) is 7.15. The van der Waals surface area contributed by atoms with Crippen molar-refractivity contribution < 1.29 is 0 Å². The Morgan fingerprint density at radius 3 is 2.94 bits per heavy atom. The summed E-state index contributed by atoms with van der Waals surface area (Å²) in [6, 6.07) is 6.41. The molecule has 2 rings (SSSR count). The van der Waals surface area contributed by atoms with Crippen molar-refractivity contribution in [1.29, 1.82) is 0 Å². The first kappa shape index (κ1) is 13.3. The Hall–Kier alpha value is -0.0900. The fourth-order valence-corrected chi connectivity index (χ4v) is 2.75. The lowest BCUT2D eigenvalue weighted by Gasteiger charge is -2.35. The van der Waals surface area contributed by atoms with Crippen LogP contribution in [0.2, 0.25) is 5.02 Å². The van der Waals surface area contributed by atoms with Crippen LogP contribution in [0.25, 0.3) is 0 Å². The molecule has 17 heavy (non-hydrogen) atoms. The van der Waals surface area contributed by atoms with E-state index in [0.29, 0.717) is 12.0 Å². The monoisotopic (exact) mass is 316 g/mol. The standard InChI is InChI=1S/C13H18BrClN2/c1-9-4-5-17(8-13(9)16)7-10-2-3-12(15)11(14)6-10/h2-3,6,9,13H,4-5,7-8,16H2,1H3. The maximum absolute atomic E-state index is 6.10. The van der Waals surface area contributed by atoms with Crippen molar-refractivity contribution >= 4 is 27.5 Å². The molecule has 1 fully saturated rings. The minimum Gasteiger partial charge on any atom is -0.326 e. The number of benzene rings is 1. The summed E-state index contributed by atoms with van der Waals surface area (Å²) in [5, 5.41) is 0.762. The van der Waals surface area contributed by atoms with Gasteiger partial charge in [0.25, 0.3) is 0 Å². The Labute approximate surface area is 116 Å². The highest BCUT2D eigenvalue weighted by Crippen LogP contribution is 2.25. The normalized spacial score (nSPS) is 26.1. The second-order valence-electron chi connectivity index (χ2n) is 4.91. The molecule has 2 unspecified atom stereocenters. The molecule has 1 heterocycles. The molecule has 0 aromatic heterocycles. The number of rotatable bonds is 2. The van der Waals surface area contributed by atoms with Crippen molar-refractivity contribution in [2.24, 2.45) is 11.7 Å². The van der Waals surface area contributed by atoms with Crippen molar-refractivity contribution in [2.45, 2.75) is 25.9 Å². The molecule has 0 saturated carbocycles. The SMILES string of the molecule is CC1CCN(Cc2ccc(Cl)c(Br)c2)CC1N. The number of hydrogen-bond donors (Lipinski definition) is 1. The molecule has 94 valence electrons. The minimum atomic E-state index is 0.305. The molecule has 0 radical (unpaired) electrons. The Morgan fingerprint density at radius 1 is 1.53 bits per heavy atom. The largest absolute Gasteiger partial charge is 0.326 e. The van der Waals surface area contributed by atoms with Crippen molar-refractivity contribution in [3.8, 4) is 0 Å². The van der Waals surface area contributed by atoms with Crippen LogP contribution in [0.4, 0.5) is 0 Å². The number of nitrogens with zero attached hydrogens (tertiary/aromatic N) is 1. The minimum absolute atomic E-state index is 0.305. The smallest absolute Gasteiger partial charge is 0.0548 e. The molecular formula is C13H18BrClN2. The third-order valence-electron chi connectivity index (χ3n) is 3.49. The zero-order valence-corrected chi connectivity index (χ0v) is 12.3. The summed E-state index contributed by atoms with van der Waals surface area (Å²) >= 11 is 9.44. The van der Waals surface area contributed by atoms with E-state index in [2.05, 4.69) is 39.9 Å². The Kier molecular flexibility index (Phi) is 4.47. The Morgan fingerprint density at radius 2 is 2.29 bits per heavy atom. The molecule has 1 aromatic rings. The Balaban J connectivity index is 1.99. The molecule has 0 aliphatic carbocycles. The molecule has 0 bridgehead atoms. The lowest BCUT2D eigenvalue weighted by molar-refractivity contribution is 0.162. The summed E-state index contributed by atoms with van der Waals surface area (Å²) < 4.78 is 0.964. The third kappa shape index (κ3) is 3.44. The zero-order valence-electron chi connectivity index (χ0n) is 10.00. The van der Waals surface area contributed by atoms with Crippen LogP contribution in [0.3, 0.4) is 0 Å². The highest BCUT2D eigenvalue weighted by molar-refractivity contribution is 9.10.